The lowest BCUT2D eigenvalue weighted by Crippen LogP contribution is -2.49. The molecule has 0 unspecified atom stereocenters. The van der Waals surface area contributed by atoms with Gasteiger partial charge in [-0.3, -0.25) is 4.79 Å². The average molecular weight is 385 g/mol. The largest absolute Gasteiger partial charge is 0.352 e. The molecule has 25 heavy (non-hydrogen) atoms. The predicted molar refractivity (Wildman–Crippen MR) is 98.8 cm³/mol. The molecule has 1 amide bonds. The van der Waals surface area contributed by atoms with Crippen molar-refractivity contribution in [1.82, 2.24) is 9.62 Å². The van der Waals surface area contributed by atoms with Gasteiger partial charge in [0, 0.05) is 17.6 Å². The van der Waals surface area contributed by atoms with Gasteiger partial charge in [0.15, 0.2) is 0 Å². The SMILES string of the molecule is O=C(NC1CCCCC1)[C@@H]1CCCN1S(=O)(=O)Cc1ccc(Cl)cc1. The summed E-state index contributed by atoms with van der Waals surface area (Å²) in [5.74, 6) is -0.235. The summed E-state index contributed by atoms with van der Waals surface area (Å²) in [5.41, 5.74) is 0.683. The van der Waals surface area contributed by atoms with Crippen molar-refractivity contribution in [2.45, 2.75) is 62.8 Å². The van der Waals surface area contributed by atoms with Crippen molar-refractivity contribution in [1.29, 1.82) is 0 Å². The first-order valence-electron chi connectivity index (χ1n) is 9.00. The van der Waals surface area contributed by atoms with E-state index in [0.29, 0.717) is 23.6 Å². The number of sulfonamides is 1. The minimum absolute atomic E-state index is 0.0998. The number of carbonyl (C=O) groups is 1. The second kappa shape index (κ2) is 8.06. The second-order valence-corrected chi connectivity index (χ2v) is 9.35. The Morgan fingerprint density at radius 3 is 2.44 bits per heavy atom. The molecule has 0 radical (unpaired) electrons. The minimum atomic E-state index is -3.53. The molecule has 2 fully saturated rings. The summed E-state index contributed by atoms with van der Waals surface area (Å²) in [6, 6.07) is 6.43. The lowest BCUT2D eigenvalue weighted by atomic mass is 9.95. The molecule has 1 heterocycles. The van der Waals surface area contributed by atoms with Crippen LogP contribution in [0.1, 0.15) is 50.5 Å². The topological polar surface area (TPSA) is 66.5 Å². The van der Waals surface area contributed by atoms with Crippen LogP contribution in [0.25, 0.3) is 0 Å². The van der Waals surface area contributed by atoms with Crippen molar-refractivity contribution < 1.29 is 13.2 Å². The fraction of sp³-hybridized carbons (Fsp3) is 0.611. The molecule has 5 nitrogen and oxygen atoms in total. The Balaban J connectivity index is 1.66. The van der Waals surface area contributed by atoms with Gasteiger partial charge in [-0.15, -0.1) is 0 Å². The van der Waals surface area contributed by atoms with Gasteiger partial charge in [-0.1, -0.05) is 43.0 Å². The zero-order valence-electron chi connectivity index (χ0n) is 14.3. The van der Waals surface area contributed by atoms with Crippen molar-refractivity contribution >= 4 is 27.5 Å². The molecule has 1 saturated heterocycles. The zero-order chi connectivity index (χ0) is 17.9. The van der Waals surface area contributed by atoms with E-state index in [1.54, 1.807) is 24.3 Å². The van der Waals surface area contributed by atoms with E-state index in [0.717, 1.165) is 32.1 Å². The van der Waals surface area contributed by atoms with Gasteiger partial charge in [0.05, 0.1) is 5.75 Å². The average Bonchev–Trinajstić information content (AvgIpc) is 3.09. The molecule has 1 saturated carbocycles. The number of carbonyl (C=O) groups excluding carboxylic acids is 1. The van der Waals surface area contributed by atoms with Gasteiger partial charge in [-0.2, -0.15) is 4.31 Å². The molecule has 0 spiro atoms. The smallest absolute Gasteiger partial charge is 0.238 e. The van der Waals surface area contributed by atoms with Crippen molar-refractivity contribution in [2.24, 2.45) is 0 Å². The van der Waals surface area contributed by atoms with E-state index in [1.165, 1.54) is 10.7 Å². The molecule has 1 atom stereocenters. The molecule has 0 bridgehead atoms. The van der Waals surface area contributed by atoms with Crippen LogP contribution in [0.5, 0.6) is 0 Å². The van der Waals surface area contributed by atoms with E-state index in [9.17, 15) is 13.2 Å². The van der Waals surface area contributed by atoms with Crippen LogP contribution in [0, 0.1) is 0 Å². The van der Waals surface area contributed by atoms with E-state index in [-0.39, 0.29) is 17.7 Å². The lowest BCUT2D eigenvalue weighted by Gasteiger charge is -2.28. The molecule has 3 rings (SSSR count). The Morgan fingerprint density at radius 2 is 1.76 bits per heavy atom. The summed E-state index contributed by atoms with van der Waals surface area (Å²) >= 11 is 5.85. The number of halogens is 1. The van der Waals surface area contributed by atoms with E-state index >= 15 is 0 Å². The number of amides is 1. The maximum Gasteiger partial charge on any atom is 0.238 e. The first kappa shape index (κ1) is 18.7. The summed E-state index contributed by atoms with van der Waals surface area (Å²) in [5, 5.41) is 3.65. The molecule has 2 aliphatic rings. The van der Waals surface area contributed by atoms with Gasteiger partial charge in [0.2, 0.25) is 15.9 Å². The van der Waals surface area contributed by atoms with E-state index in [1.807, 2.05) is 0 Å². The van der Waals surface area contributed by atoms with E-state index in [4.69, 9.17) is 11.6 Å². The van der Waals surface area contributed by atoms with Crippen LogP contribution in [-0.2, 0) is 20.6 Å². The van der Waals surface area contributed by atoms with Gasteiger partial charge < -0.3 is 5.32 Å². The Labute approximate surface area is 154 Å². The molecule has 1 aromatic carbocycles. The number of hydrogen-bond donors (Lipinski definition) is 1. The summed E-state index contributed by atoms with van der Waals surface area (Å²) in [4.78, 5) is 12.6. The summed E-state index contributed by atoms with van der Waals surface area (Å²) in [6.07, 6.45) is 6.80. The first-order chi connectivity index (χ1) is 12.0. The Morgan fingerprint density at radius 1 is 1.08 bits per heavy atom. The zero-order valence-corrected chi connectivity index (χ0v) is 15.9. The van der Waals surface area contributed by atoms with Gasteiger partial charge in [0.25, 0.3) is 0 Å². The van der Waals surface area contributed by atoms with Crippen LogP contribution >= 0.6 is 11.6 Å². The highest BCUT2D eigenvalue weighted by Crippen LogP contribution is 2.25. The third-order valence-corrected chi connectivity index (χ3v) is 7.18. The molecule has 7 heteroatoms. The molecule has 1 N–H and O–H groups in total. The Hall–Kier alpha value is -1.11. The lowest BCUT2D eigenvalue weighted by molar-refractivity contribution is -0.125. The molecular formula is C18H25ClN2O3S. The molecule has 1 aromatic rings. The monoisotopic (exact) mass is 384 g/mol. The van der Waals surface area contributed by atoms with Gasteiger partial charge >= 0.3 is 0 Å². The third kappa shape index (κ3) is 4.74. The summed E-state index contributed by atoms with van der Waals surface area (Å²) < 4.78 is 27.0. The molecule has 0 aromatic heterocycles. The maximum absolute atomic E-state index is 12.8. The van der Waals surface area contributed by atoms with E-state index < -0.39 is 16.1 Å². The number of nitrogens with zero attached hydrogens (tertiary/aromatic N) is 1. The number of rotatable bonds is 5. The number of hydrogen-bond acceptors (Lipinski definition) is 3. The van der Waals surface area contributed by atoms with Crippen LogP contribution in [0.4, 0.5) is 0 Å². The molecule has 1 aliphatic carbocycles. The predicted octanol–water partition coefficient (Wildman–Crippen LogP) is 3.08. The van der Waals surface area contributed by atoms with Crippen molar-refractivity contribution in [3.05, 3.63) is 34.9 Å². The molecule has 1 aliphatic heterocycles. The fourth-order valence-corrected chi connectivity index (χ4v) is 5.66. The van der Waals surface area contributed by atoms with Crippen molar-refractivity contribution in [3.63, 3.8) is 0 Å². The summed E-state index contributed by atoms with van der Waals surface area (Å²) in [6.45, 7) is 0.415. The quantitative estimate of drug-likeness (QED) is 0.848. The molecular weight excluding hydrogens is 360 g/mol. The van der Waals surface area contributed by atoms with Crippen LogP contribution in [-0.4, -0.2) is 37.3 Å². The van der Waals surface area contributed by atoms with Crippen LogP contribution < -0.4 is 5.32 Å². The van der Waals surface area contributed by atoms with Gasteiger partial charge in [-0.05, 0) is 43.4 Å². The standard InChI is InChI=1S/C18H25ClN2O3S/c19-15-10-8-14(9-11-15)13-25(23,24)21-12-4-7-17(21)18(22)20-16-5-2-1-3-6-16/h8-11,16-17H,1-7,12-13H2,(H,20,22)/t17-/m0/s1. The van der Waals surface area contributed by atoms with Crippen molar-refractivity contribution in [2.75, 3.05) is 6.54 Å². The van der Waals surface area contributed by atoms with Crippen molar-refractivity contribution in [3.8, 4) is 0 Å². The number of nitrogens with one attached hydrogen (secondary N) is 1. The summed E-state index contributed by atoms with van der Waals surface area (Å²) in [7, 11) is -3.53. The Kier molecular flexibility index (Phi) is 6.02. The number of benzene rings is 1. The third-order valence-electron chi connectivity index (χ3n) is 5.08. The Bertz CT molecular complexity index is 700. The highest BCUT2D eigenvalue weighted by Gasteiger charge is 2.39. The van der Waals surface area contributed by atoms with Crippen LogP contribution in [0.3, 0.4) is 0 Å². The van der Waals surface area contributed by atoms with Crippen LogP contribution in [0.2, 0.25) is 5.02 Å². The minimum Gasteiger partial charge on any atom is -0.352 e. The highest BCUT2D eigenvalue weighted by atomic mass is 35.5. The van der Waals surface area contributed by atoms with Gasteiger partial charge in [0.1, 0.15) is 6.04 Å². The second-order valence-electron chi connectivity index (χ2n) is 6.99. The highest BCUT2D eigenvalue weighted by molar-refractivity contribution is 7.88. The first-order valence-corrected chi connectivity index (χ1v) is 11.0. The fourth-order valence-electron chi connectivity index (χ4n) is 3.75. The maximum atomic E-state index is 12.8. The van der Waals surface area contributed by atoms with Crippen LogP contribution in [0.15, 0.2) is 24.3 Å². The van der Waals surface area contributed by atoms with E-state index in [2.05, 4.69) is 5.32 Å². The van der Waals surface area contributed by atoms with Gasteiger partial charge in [-0.25, -0.2) is 8.42 Å². The molecule has 138 valence electrons. The normalized spacial score (nSPS) is 22.8.